The van der Waals surface area contributed by atoms with Crippen molar-refractivity contribution in [2.24, 2.45) is 0 Å². The fourth-order valence-corrected chi connectivity index (χ4v) is 1.03. The van der Waals surface area contributed by atoms with Crippen LogP contribution >= 0.6 is 15.9 Å². The molecule has 1 rings (SSSR count). The first-order chi connectivity index (χ1) is 6.65. The first-order valence-corrected chi connectivity index (χ1v) is 5.14. The molecule has 14 heavy (non-hydrogen) atoms. The molecule has 0 aliphatic rings. The van der Waals surface area contributed by atoms with Gasteiger partial charge >= 0.3 is 5.97 Å². The molecule has 0 fully saturated rings. The number of hydrogen-bond donors (Lipinski definition) is 0. The minimum absolute atomic E-state index is 0.305. The molecule has 0 N–H and O–H groups in total. The summed E-state index contributed by atoms with van der Waals surface area (Å²) in [4.78, 5) is 11.0. The Morgan fingerprint density at radius 1 is 1.57 bits per heavy atom. The maximum atomic E-state index is 11.3. The number of carbonyl (C=O) groups is 1. The Morgan fingerprint density at radius 2 is 2.21 bits per heavy atom. The summed E-state index contributed by atoms with van der Waals surface area (Å²) in [6.45, 7) is 5.36. The monoisotopic (exact) mass is 254 g/mol. The highest BCUT2D eigenvalue weighted by molar-refractivity contribution is 9.10. The lowest BCUT2D eigenvalue weighted by Gasteiger charge is -2.07. The van der Waals surface area contributed by atoms with Gasteiger partial charge in [-0.2, -0.15) is 0 Å². The number of benzene rings is 1. The highest BCUT2D eigenvalue weighted by atomic mass is 79.9. The van der Waals surface area contributed by atoms with Gasteiger partial charge in [0.1, 0.15) is 10.6 Å². The third kappa shape index (κ3) is 2.70. The Bertz CT molecular complexity index is 345. The Hall–Kier alpha value is -1.09. The Kier molecular flexibility index (Phi) is 3.89. The van der Waals surface area contributed by atoms with Gasteiger partial charge in [-0.15, -0.1) is 0 Å². The fourth-order valence-electron chi connectivity index (χ4n) is 0.932. The van der Waals surface area contributed by atoms with Crippen molar-refractivity contribution in [2.45, 2.75) is 11.8 Å². The van der Waals surface area contributed by atoms with E-state index in [4.69, 9.17) is 4.74 Å². The van der Waals surface area contributed by atoms with Crippen LogP contribution in [0.25, 0.3) is 6.08 Å². The second-order valence-corrected chi connectivity index (χ2v) is 4.15. The lowest BCUT2D eigenvalue weighted by molar-refractivity contribution is -0.133. The highest BCUT2D eigenvalue weighted by Crippen LogP contribution is 2.19. The van der Waals surface area contributed by atoms with Gasteiger partial charge in [0, 0.05) is 5.56 Å². The molecule has 0 aromatic heterocycles. The average molecular weight is 255 g/mol. The van der Waals surface area contributed by atoms with Crippen molar-refractivity contribution in [3.63, 3.8) is 0 Å². The van der Waals surface area contributed by atoms with E-state index in [1.807, 2.05) is 18.2 Å². The van der Waals surface area contributed by atoms with Crippen LogP contribution in [-0.4, -0.2) is 10.8 Å². The molecule has 0 heterocycles. The van der Waals surface area contributed by atoms with Gasteiger partial charge in [0.25, 0.3) is 0 Å². The number of ether oxygens (including phenoxy) is 1. The molecule has 0 radical (unpaired) electrons. The zero-order valence-electron chi connectivity index (χ0n) is 7.87. The standard InChI is InChI=1S/C11H11BrO2/c1-3-9-6-4-5-7-10(9)14-11(13)8(2)12/h3-8H,1H2,2H3. The average Bonchev–Trinajstić information content (AvgIpc) is 2.18. The van der Waals surface area contributed by atoms with Gasteiger partial charge in [-0.3, -0.25) is 4.79 Å². The van der Waals surface area contributed by atoms with Crippen LogP contribution in [0.1, 0.15) is 12.5 Å². The Balaban J connectivity index is 2.85. The van der Waals surface area contributed by atoms with E-state index in [0.717, 1.165) is 5.56 Å². The number of para-hydroxylation sites is 1. The van der Waals surface area contributed by atoms with Crippen LogP contribution in [0.2, 0.25) is 0 Å². The largest absolute Gasteiger partial charge is 0.425 e. The number of alkyl halides is 1. The molecule has 74 valence electrons. The maximum Gasteiger partial charge on any atom is 0.324 e. The maximum absolute atomic E-state index is 11.3. The van der Waals surface area contributed by atoms with Crippen LogP contribution in [0.3, 0.4) is 0 Å². The number of carbonyl (C=O) groups excluding carboxylic acids is 1. The van der Waals surface area contributed by atoms with Gasteiger partial charge in [0.05, 0.1) is 0 Å². The first-order valence-electron chi connectivity index (χ1n) is 4.22. The molecule has 0 saturated heterocycles. The van der Waals surface area contributed by atoms with Crippen molar-refractivity contribution in [1.82, 2.24) is 0 Å². The zero-order chi connectivity index (χ0) is 10.6. The van der Waals surface area contributed by atoms with E-state index < -0.39 is 0 Å². The van der Waals surface area contributed by atoms with Crippen molar-refractivity contribution in [3.05, 3.63) is 36.4 Å². The molecular formula is C11H11BrO2. The van der Waals surface area contributed by atoms with Crippen LogP contribution in [0.5, 0.6) is 5.75 Å². The molecule has 2 nitrogen and oxygen atoms in total. The van der Waals surface area contributed by atoms with Crippen LogP contribution in [0.4, 0.5) is 0 Å². The van der Waals surface area contributed by atoms with E-state index in [9.17, 15) is 4.79 Å². The minimum Gasteiger partial charge on any atom is -0.425 e. The quantitative estimate of drug-likeness (QED) is 0.471. The van der Waals surface area contributed by atoms with Gasteiger partial charge in [0.2, 0.25) is 0 Å². The molecular weight excluding hydrogens is 244 g/mol. The summed E-state index contributed by atoms with van der Waals surface area (Å²) in [6, 6.07) is 7.26. The van der Waals surface area contributed by atoms with Crippen LogP contribution < -0.4 is 4.74 Å². The van der Waals surface area contributed by atoms with E-state index in [2.05, 4.69) is 22.5 Å². The summed E-state index contributed by atoms with van der Waals surface area (Å²) in [7, 11) is 0. The highest BCUT2D eigenvalue weighted by Gasteiger charge is 2.12. The van der Waals surface area contributed by atoms with Gasteiger partial charge in [-0.05, 0) is 13.0 Å². The Morgan fingerprint density at radius 3 is 2.79 bits per heavy atom. The van der Waals surface area contributed by atoms with E-state index in [0.29, 0.717) is 5.75 Å². The number of halogens is 1. The van der Waals surface area contributed by atoms with Gasteiger partial charge < -0.3 is 4.74 Å². The molecule has 0 aliphatic heterocycles. The lowest BCUT2D eigenvalue weighted by Crippen LogP contribution is -2.17. The number of rotatable bonds is 3. The molecule has 1 aromatic rings. The zero-order valence-corrected chi connectivity index (χ0v) is 9.45. The summed E-state index contributed by atoms with van der Waals surface area (Å²) in [6.07, 6.45) is 1.65. The van der Waals surface area contributed by atoms with E-state index in [1.54, 1.807) is 19.1 Å². The number of esters is 1. The predicted octanol–water partition coefficient (Wildman–Crippen LogP) is 3.02. The van der Waals surface area contributed by atoms with Crippen LogP contribution in [0.15, 0.2) is 30.8 Å². The predicted molar refractivity (Wildman–Crippen MR) is 60.6 cm³/mol. The van der Waals surface area contributed by atoms with Crippen molar-refractivity contribution in [3.8, 4) is 5.75 Å². The van der Waals surface area contributed by atoms with Crippen molar-refractivity contribution in [1.29, 1.82) is 0 Å². The molecule has 0 aliphatic carbocycles. The lowest BCUT2D eigenvalue weighted by atomic mass is 10.2. The fraction of sp³-hybridized carbons (Fsp3) is 0.182. The molecule has 3 heteroatoms. The van der Waals surface area contributed by atoms with Gasteiger partial charge in [-0.1, -0.05) is 46.8 Å². The van der Waals surface area contributed by atoms with Gasteiger partial charge in [0.15, 0.2) is 0 Å². The summed E-state index contributed by atoms with van der Waals surface area (Å²) >= 11 is 3.14. The molecule has 1 atom stereocenters. The topological polar surface area (TPSA) is 26.3 Å². The molecule has 1 unspecified atom stereocenters. The second-order valence-electron chi connectivity index (χ2n) is 2.78. The molecule has 0 bridgehead atoms. The molecule has 0 spiro atoms. The van der Waals surface area contributed by atoms with E-state index >= 15 is 0 Å². The summed E-state index contributed by atoms with van der Waals surface area (Å²) < 4.78 is 5.14. The van der Waals surface area contributed by atoms with E-state index in [1.165, 1.54) is 0 Å². The van der Waals surface area contributed by atoms with E-state index in [-0.39, 0.29) is 10.8 Å². The molecule has 1 aromatic carbocycles. The van der Waals surface area contributed by atoms with Gasteiger partial charge in [-0.25, -0.2) is 0 Å². The Labute approximate surface area is 91.7 Å². The van der Waals surface area contributed by atoms with Crippen molar-refractivity contribution >= 4 is 28.0 Å². The van der Waals surface area contributed by atoms with Crippen LogP contribution in [-0.2, 0) is 4.79 Å². The third-order valence-corrected chi connectivity index (χ3v) is 2.05. The SMILES string of the molecule is C=Cc1ccccc1OC(=O)C(C)Br. The summed E-state index contributed by atoms with van der Waals surface area (Å²) in [5.41, 5.74) is 0.814. The summed E-state index contributed by atoms with van der Waals surface area (Å²) in [5, 5.41) is 0. The second kappa shape index (κ2) is 4.96. The normalized spacial score (nSPS) is 11.9. The van der Waals surface area contributed by atoms with Crippen molar-refractivity contribution < 1.29 is 9.53 Å². The third-order valence-electron chi connectivity index (χ3n) is 1.67. The first kappa shape index (κ1) is 11.0. The molecule has 0 amide bonds. The minimum atomic E-state index is -0.306. The summed E-state index contributed by atoms with van der Waals surface area (Å²) in [5.74, 6) is 0.234. The molecule has 0 saturated carbocycles. The number of hydrogen-bond acceptors (Lipinski definition) is 2. The smallest absolute Gasteiger partial charge is 0.324 e. The van der Waals surface area contributed by atoms with Crippen molar-refractivity contribution in [2.75, 3.05) is 0 Å². The van der Waals surface area contributed by atoms with Crippen LogP contribution in [0, 0.1) is 0 Å².